The summed E-state index contributed by atoms with van der Waals surface area (Å²) in [7, 11) is 0. The van der Waals surface area contributed by atoms with Gasteiger partial charge in [0.25, 0.3) is 5.91 Å². The lowest BCUT2D eigenvalue weighted by atomic mass is 9.88. The van der Waals surface area contributed by atoms with Crippen LogP contribution in [0.5, 0.6) is 5.75 Å². The van der Waals surface area contributed by atoms with Crippen molar-refractivity contribution < 1.29 is 14.3 Å². The fourth-order valence-electron chi connectivity index (χ4n) is 2.97. The number of hydrogen-bond acceptors (Lipinski definition) is 3. The maximum Gasteiger partial charge on any atom is 0.258 e. The monoisotopic (exact) mass is 309 g/mol. The number of aryl methyl sites for hydroxylation is 1. The van der Waals surface area contributed by atoms with Gasteiger partial charge in [0.2, 0.25) is 0 Å². The van der Waals surface area contributed by atoms with Crippen molar-refractivity contribution in [1.29, 1.82) is 0 Å². The molecule has 1 unspecified atom stereocenters. The van der Waals surface area contributed by atoms with Gasteiger partial charge in [0.05, 0.1) is 6.04 Å². The highest BCUT2D eigenvalue weighted by atomic mass is 16.5. The summed E-state index contributed by atoms with van der Waals surface area (Å²) in [5.41, 5.74) is 3.04. The molecule has 4 nitrogen and oxygen atoms in total. The van der Waals surface area contributed by atoms with Crippen molar-refractivity contribution in [2.75, 3.05) is 6.61 Å². The zero-order chi connectivity index (χ0) is 16.1. The van der Waals surface area contributed by atoms with Crippen molar-refractivity contribution in [3.05, 3.63) is 65.2 Å². The number of hydrogen-bond donors (Lipinski definition) is 1. The zero-order valence-corrected chi connectivity index (χ0v) is 12.8. The van der Waals surface area contributed by atoms with Gasteiger partial charge in [0.1, 0.15) is 12.0 Å². The number of ether oxygens (including phenoxy) is 1. The minimum Gasteiger partial charge on any atom is -0.484 e. The topological polar surface area (TPSA) is 55.4 Å². The number of rotatable bonds is 5. The van der Waals surface area contributed by atoms with E-state index in [1.54, 1.807) is 24.3 Å². The molecule has 1 N–H and O–H groups in total. The van der Waals surface area contributed by atoms with Crippen LogP contribution in [-0.2, 0) is 11.2 Å². The van der Waals surface area contributed by atoms with E-state index >= 15 is 0 Å². The summed E-state index contributed by atoms with van der Waals surface area (Å²) in [4.78, 5) is 22.9. The molecular weight excluding hydrogens is 290 g/mol. The Morgan fingerprint density at radius 2 is 2.09 bits per heavy atom. The van der Waals surface area contributed by atoms with Crippen molar-refractivity contribution in [3.63, 3.8) is 0 Å². The summed E-state index contributed by atoms with van der Waals surface area (Å²) in [6.07, 6.45) is 3.84. The van der Waals surface area contributed by atoms with Crippen molar-refractivity contribution in [3.8, 4) is 5.75 Å². The van der Waals surface area contributed by atoms with Gasteiger partial charge in [-0.3, -0.25) is 9.59 Å². The van der Waals surface area contributed by atoms with E-state index < -0.39 is 0 Å². The molecule has 1 atom stereocenters. The normalized spacial score (nSPS) is 16.3. The lowest BCUT2D eigenvalue weighted by Gasteiger charge is -2.26. The van der Waals surface area contributed by atoms with Crippen LogP contribution in [0.1, 0.15) is 40.4 Å². The van der Waals surface area contributed by atoms with Crippen molar-refractivity contribution in [2.24, 2.45) is 0 Å². The largest absolute Gasteiger partial charge is 0.484 e. The predicted molar refractivity (Wildman–Crippen MR) is 87.6 cm³/mol. The molecule has 0 bridgehead atoms. The Morgan fingerprint density at radius 1 is 1.22 bits per heavy atom. The number of amides is 1. The minimum absolute atomic E-state index is 0.0531. The van der Waals surface area contributed by atoms with E-state index in [1.807, 2.05) is 12.1 Å². The molecule has 0 saturated heterocycles. The van der Waals surface area contributed by atoms with Crippen molar-refractivity contribution >= 4 is 12.2 Å². The Hall–Kier alpha value is -2.62. The number of aldehydes is 1. The van der Waals surface area contributed by atoms with E-state index in [0.29, 0.717) is 11.3 Å². The van der Waals surface area contributed by atoms with Crippen LogP contribution < -0.4 is 10.1 Å². The summed E-state index contributed by atoms with van der Waals surface area (Å²) < 4.78 is 5.47. The molecule has 1 amide bonds. The third kappa shape index (κ3) is 3.77. The third-order valence-electron chi connectivity index (χ3n) is 4.07. The number of carbonyl (C=O) groups excluding carboxylic acids is 2. The number of fused-ring (bicyclic) bond motifs is 1. The number of benzene rings is 2. The molecule has 0 saturated carbocycles. The molecule has 1 aliphatic rings. The maximum absolute atomic E-state index is 12.1. The molecule has 0 aliphatic heterocycles. The molecule has 2 aromatic carbocycles. The van der Waals surface area contributed by atoms with Crippen LogP contribution in [0, 0.1) is 0 Å². The standard InChI is InChI=1S/C19H19NO3/c21-12-14-5-3-8-16(11-14)23-13-19(22)20-18-10-4-7-15-6-1-2-9-17(15)18/h1-3,5-6,8-9,11-12,18H,4,7,10,13H2,(H,20,22). The molecule has 3 rings (SSSR count). The van der Waals surface area contributed by atoms with Crippen LogP contribution in [0.3, 0.4) is 0 Å². The molecule has 0 fully saturated rings. The van der Waals surface area contributed by atoms with E-state index in [2.05, 4.69) is 17.4 Å². The molecule has 0 spiro atoms. The second kappa shape index (κ2) is 7.09. The Bertz CT molecular complexity index is 711. The maximum atomic E-state index is 12.1. The number of carbonyl (C=O) groups is 2. The molecule has 0 aromatic heterocycles. The predicted octanol–water partition coefficient (Wildman–Crippen LogP) is 3.07. The molecule has 4 heteroatoms. The van der Waals surface area contributed by atoms with E-state index in [-0.39, 0.29) is 18.6 Å². The average Bonchev–Trinajstić information content (AvgIpc) is 2.60. The molecule has 0 heterocycles. The first-order chi connectivity index (χ1) is 11.3. The van der Waals surface area contributed by atoms with Crippen LogP contribution in [-0.4, -0.2) is 18.8 Å². The summed E-state index contributed by atoms with van der Waals surface area (Å²) >= 11 is 0. The van der Waals surface area contributed by atoms with E-state index in [0.717, 1.165) is 25.5 Å². The molecular formula is C19H19NO3. The quantitative estimate of drug-likeness (QED) is 0.864. The first kappa shape index (κ1) is 15.3. The highest BCUT2D eigenvalue weighted by molar-refractivity contribution is 5.78. The van der Waals surface area contributed by atoms with Gasteiger partial charge < -0.3 is 10.1 Å². The minimum atomic E-state index is -0.150. The van der Waals surface area contributed by atoms with Gasteiger partial charge in [-0.1, -0.05) is 36.4 Å². The van der Waals surface area contributed by atoms with Gasteiger partial charge in [0, 0.05) is 5.56 Å². The summed E-state index contributed by atoms with van der Waals surface area (Å²) in [6, 6.07) is 15.1. The van der Waals surface area contributed by atoms with Crippen molar-refractivity contribution in [2.45, 2.75) is 25.3 Å². The van der Waals surface area contributed by atoms with Crippen LogP contribution in [0.25, 0.3) is 0 Å². The average molecular weight is 309 g/mol. The fraction of sp³-hybridized carbons (Fsp3) is 0.263. The Labute approximate surface area is 135 Å². The van der Waals surface area contributed by atoms with Gasteiger partial charge in [-0.05, 0) is 42.5 Å². The van der Waals surface area contributed by atoms with Gasteiger partial charge in [-0.25, -0.2) is 0 Å². The Balaban J connectivity index is 1.59. The molecule has 2 aromatic rings. The van der Waals surface area contributed by atoms with Crippen LogP contribution in [0.2, 0.25) is 0 Å². The first-order valence-corrected chi connectivity index (χ1v) is 7.81. The smallest absolute Gasteiger partial charge is 0.258 e. The van der Waals surface area contributed by atoms with E-state index in [9.17, 15) is 9.59 Å². The van der Waals surface area contributed by atoms with E-state index in [4.69, 9.17) is 4.74 Å². The second-order valence-electron chi connectivity index (χ2n) is 5.69. The highest BCUT2D eigenvalue weighted by Crippen LogP contribution is 2.29. The Morgan fingerprint density at radius 3 is 2.96 bits per heavy atom. The zero-order valence-electron chi connectivity index (χ0n) is 12.8. The summed E-state index contributed by atoms with van der Waals surface area (Å²) in [6.45, 7) is -0.0546. The molecule has 118 valence electrons. The van der Waals surface area contributed by atoms with Crippen LogP contribution in [0.15, 0.2) is 48.5 Å². The van der Waals surface area contributed by atoms with Crippen LogP contribution in [0.4, 0.5) is 0 Å². The lowest BCUT2D eigenvalue weighted by molar-refractivity contribution is -0.123. The third-order valence-corrected chi connectivity index (χ3v) is 4.07. The fourth-order valence-corrected chi connectivity index (χ4v) is 2.97. The Kier molecular flexibility index (Phi) is 4.71. The highest BCUT2D eigenvalue weighted by Gasteiger charge is 2.21. The number of nitrogens with one attached hydrogen (secondary N) is 1. The molecule has 1 aliphatic carbocycles. The first-order valence-electron chi connectivity index (χ1n) is 7.81. The van der Waals surface area contributed by atoms with E-state index in [1.165, 1.54) is 11.1 Å². The lowest BCUT2D eigenvalue weighted by Crippen LogP contribution is -2.34. The summed E-state index contributed by atoms with van der Waals surface area (Å²) in [5.74, 6) is 0.372. The SMILES string of the molecule is O=Cc1cccc(OCC(=O)NC2CCCc3ccccc32)c1. The van der Waals surface area contributed by atoms with Crippen molar-refractivity contribution in [1.82, 2.24) is 5.32 Å². The van der Waals surface area contributed by atoms with Gasteiger partial charge in [-0.15, -0.1) is 0 Å². The van der Waals surface area contributed by atoms with Gasteiger partial charge in [-0.2, -0.15) is 0 Å². The second-order valence-corrected chi connectivity index (χ2v) is 5.69. The summed E-state index contributed by atoms with van der Waals surface area (Å²) in [5, 5.41) is 3.04. The molecule has 23 heavy (non-hydrogen) atoms. The van der Waals surface area contributed by atoms with Gasteiger partial charge >= 0.3 is 0 Å². The van der Waals surface area contributed by atoms with Crippen LogP contribution >= 0.6 is 0 Å². The van der Waals surface area contributed by atoms with Gasteiger partial charge in [0.15, 0.2) is 6.61 Å². The molecule has 0 radical (unpaired) electrons.